The van der Waals surface area contributed by atoms with Crippen molar-refractivity contribution in [2.75, 3.05) is 6.61 Å². The number of hydrogen-bond donors (Lipinski definition) is 3. The molecule has 1 aliphatic rings. The molecule has 1 aliphatic heterocycles. The molecule has 4 heteroatoms. The summed E-state index contributed by atoms with van der Waals surface area (Å²) in [5.74, 6) is 0.170. The monoisotopic (exact) mass is 416 g/mol. The number of hydrogen-bond acceptors (Lipinski definition) is 4. The predicted molar refractivity (Wildman–Crippen MR) is 125 cm³/mol. The molecule has 1 heterocycles. The molecule has 2 rings (SSSR count). The molecule has 1 aromatic rings. The van der Waals surface area contributed by atoms with E-state index in [1.165, 1.54) is 11.1 Å². The van der Waals surface area contributed by atoms with Crippen molar-refractivity contribution in [3.05, 3.63) is 64.8 Å². The van der Waals surface area contributed by atoms with Gasteiger partial charge in [-0.1, -0.05) is 63.6 Å². The van der Waals surface area contributed by atoms with Crippen LogP contribution in [0.5, 0.6) is 5.75 Å². The normalized spacial score (nSPS) is 22.7. The molecule has 3 unspecified atom stereocenters. The smallest absolute Gasteiger partial charge is 0.121 e. The van der Waals surface area contributed by atoms with E-state index in [0.717, 1.165) is 24.8 Å². The zero-order valence-corrected chi connectivity index (χ0v) is 19.3. The summed E-state index contributed by atoms with van der Waals surface area (Å²) in [5, 5.41) is 29.8. The van der Waals surface area contributed by atoms with Crippen LogP contribution in [0, 0.1) is 0 Å². The molecule has 0 spiro atoms. The maximum absolute atomic E-state index is 10.3. The summed E-state index contributed by atoms with van der Waals surface area (Å²) in [6, 6.07) is 5.61. The molecule has 168 valence electrons. The molecule has 0 radical (unpaired) electrons. The molecular formula is C26H40O4. The van der Waals surface area contributed by atoms with Crippen LogP contribution < -0.4 is 0 Å². The Morgan fingerprint density at radius 2 is 1.90 bits per heavy atom. The summed E-state index contributed by atoms with van der Waals surface area (Å²) in [7, 11) is 0. The van der Waals surface area contributed by atoms with Gasteiger partial charge < -0.3 is 20.1 Å². The Kier molecular flexibility index (Phi) is 12.4. The van der Waals surface area contributed by atoms with E-state index in [1.54, 1.807) is 6.07 Å². The number of aromatic hydroxyl groups is 1. The van der Waals surface area contributed by atoms with Gasteiger partial charge in [-0.25, -0.2) is 0 Å². The van der Waals surface area contributed by atoms with Gasteiger partial charge in [-0.05, 0) is 49.5 Å². The number of benzene rings is 1. The van der Waals surface area contributed by atoms with E-state index in [2.05, 4.69) is 32.1 Å². The molecule has 1 aromatic carbocycles. The molecule has 4 nitrogen and oxygen atoms in total. The van der Waals surface area contributed by atoms with Crippen molar-refractivity contribution in [3.8, 4) is 5.75 Å². The van der Waals surface area contributed by atoms with E-state index in [4.69, 9.17) is 4.74 Å². The largest absolute Gasteiger partial charge is 0.508 e. The molecule has 3 N–H and O–H groups in total. The number of aliphatic hydroxyl groups is 2. The Morgan fingerprint density at radius 3 is 2.50 bits per heavy atom. The van der Waals surface area contributed by atoms with Crippen molar-refractivity contribution in [3.63, 3.8) is 0 Å². The van der Waals surface area contributed by atoms with Crippen LogP contribution >= 0.6 is 0 Å². The first kappa shape index (κ1) is 26.2. The van der Waals surface area contributed by atoms with Gasteiger partial charge in [-0.15, -0.1) is 0 Å². The molecule has 30 heavy (non-hydrogen) atoms. The van der Waals surface area contributed by atoms with Gasteiger partial charge in [0.2, 0.25) is 0 Å². The summed E-state index contributed by atoms with van der Waals surface area (Å²) >= 11 is 0. The average Bonchev–Trinajstić information content (AvgIpc) is 2.77. The number of aliphatic hydroxyl groups excluding tert-OH is 2. The van der Waals surface area contributed by atoms with Crippen LogP contribution in [-0.2, 0) is 11.2 Å². The summed E-state index contributed by atoms with van der Waals surface area (Å²) in [4.78, 5) is 0. The fourth-order valence-electron chi connectivity index (χ4n) is 3.57. The third-order valence-corrected chi connectivity index (χ3v) is 5.21. The van der Waals surface area contributed by atoms with Crippen LogP contribution in [0.15, 0.2) is 53.6 Å². The van der Waals surface area contributed by atoms with Crippen LogP contribution in [0.3, 0.4) is 0 Å². The third kappa shape index (κ3) is 8.10. The molecule has 0 aliphatic carbocycles. The number of phenolic OH excluding ortho intramolecular Hbond substituents is 1. The van der Waals surface area contributed by atoms with E-state index in [0.29, 0.717) is 18.4 Å². The molecule has 0 amide bonds. The molecular weight excluding hydrogens is 376 g/mol. The van der Waals surface area contributed by atoms with Crippen molar-refractivity contribution < 1.29 is 20.1 Å². The van der Waals surface area contributed by atoms with Gasteiger partial charge in [0.05, 0.1) is 24.9 Å². The second-order valence-corrected chi connectivity index (χ2v) is 7.40. The Morgan fingerprint density at radius 1 is 1.17 bits per heavy atom. The molecule has 1 fully saturated rings. The fraction of sp³-hybridized carbons (Fsp3) is 0.538. The maximum atomic E-state index is 10.3. The van der Waals surface area contributed by atoms with Gasteiger partial charge in [0.25, 0.3) is 0 Å². The molecule has 1 saturated heterocycles. The number of ether oxygens (including phenoxy) is 1. The van der Waals surface area contributed by atoms with Gasteiger partial charge in [-0.2, -0.15) is 0 Å². The zero-order chi connectivity index (χ0) is 22.5. The summed E-state index contributed by atoms with van der Waals surface area (Å²) in [6.07, 6.45) is 10.7. The summed E-state index contributed by atoms with van der Waals surface area (Å²) in [6.45, 7) is 10.2. The summed E-state index contributed by atoms with van der Waals surface area (Å²) < 4.78 is 5.88. The zero-order valence-electron chi connectivity index (χ0n) is 19.3. The lowest BCUT2D eigenvalue weighted by Gasteiger charge is -2.33. The molecule has 0 bridgehead atoms. The fourth-order valence-corrected chi connectivity index (χ4v) is 3.57. The second kappa shape index (κ2) is 14.2. The van der Waals surface area contributed by atoms with Crippen molar-refractivity contribution >= 4 is 0 Å². The van der Waals surface area contributed by atoms with E-state index < -0.39 is 18.3 Å². The Balaban J connectivity index is 0.00000218. The standard InChI is InChI=1S/C24H34O4.C2H6/c1-4-7-8-17(5-2)11-18(6-3)12-19-9-10-23(27)22(13-19)24-15-20(26)14-21(16-25)28-24;1-2/h4,7-11,13,20-21,24-27H,5-6,12,14-16H2,1-3H3;1-2H3/b7-4-,17-8+,18-11+;. The first-order valence-electron chi connectivity index (χ1n) is 11.3. The van der Waals surface area contributed by atoms with Crippen LogP contribution in [0.2, 0.25) is 0 Å². The van der Waals surface area contributed by atoms with Gasteiger partial charge in [-0.3, -0.25) is 0 Å². The summed E-state index contributed by atoms with van der Waals surface area (Å²) in [5.41, 5.74) is 4.41. The van der Waals surface area contributed by atoms with Crippen LogP contribution in [0.1, 0.15) is 77.5 Å². The van der Waals surface area contributed by atoms with Gasteiger partial charge in [0, 0.05) is 18.4 Å². The van der Waals surface area contributed by atoms with E-state index in [1.807, 2.05) is 39.0 Å². The number of phenols is 1. The molecule has 3 atom stereocenters. The highest BCUT2D eigenvalue weighted by Gasteiger charge is 2.30. The van der Waals surface area contributed by atoms with E-state index in [9.17, 15) is 15.3 Å². The van der Waals surface area contributed by atoms with Gasteiger partial charge >= 0.3 is 0 Å². The van der Waals surface area contributed by atoms with Crippen molar-refractivity contribution in [2.45, 2.75) is 85.0 Å². The topological polar surface area (TPSA) is 69.9 Å². The highest BCUT2D eigenvalue weighted by atomic mass is 16.5. The minimum atomic E-state index is -0.533. The minimum Gasteiger partial charge on any atom is -0.508 e. The lowest BCUT2D eigenvalue weighted by Crippen LogP contribution is -2.33. The molecule has 0 aromatic heterocycles. The number of allylic oxidation sites excluding steroid dienone is 6. The van der Waals surface area contributed by atoms with Crippen LogP contribution in [0.4, 0.5) is 0 Å². The van der Waals surface area contributed by atoms with Gasteiger partial charge in [0.1, 0.15) is 5.75 Å². The maximum Gasteiger partial charge on any atom is 0.121 e. The highest BCUT2D eigenvalue weighted by molar-refractivity contribution is 5.40. The van der Waals surface area contributed by atoms with Gasteiger partial charge in [0.15, 0.2) is 0 Å². The first-order valence-corrected chi connectivity index (χ1v) is 11.3. The second-order valence-electron chi connectivity index (χ2n) is 7.40. The third-order valence-electron chi connectivity index (χ3n) is 5.21. The van der Waals surface area contributed by atoms with Crippen LogP contribution in [0.25, 0.3) is 0 Å². The SMILES string of the molecule is CC.C\C=C/C=C(/C=C(\CC)Cc1ccc(O)c(C2CC(O)CC(CO)O2)c1)CC. The predicted octanol–water partition coefficient (Wildman–Crippen LogP) is 5.78. The van der Waals surface area contributed by atoms with E-state index >= 15 is 0 Å². The van der Waals surface area contributed by atoms with E-state index in [-0.39, 0.29) is 12.4 Å². The van der Waals surface area contributed by atoms with Crippen molar-refractivity contribution in [1.82, 2.24) is 0 Å². The van der Waals surface area contributed by atoms with Crippen molar-refractivity contribution in [2.24, 2.45) is 0 Å². The average molecular weight is 417 g/mol. The Hall–Kier alpha value is -1.88. The minimum absolute atomic E-state index is 0.130. The Bertz CT molecular complexity index is 718. The van der Waals surface area contributed by atoms with Crippen molar-refractivity contribution in [1.29, 1.82) is 0 Å². The first-order chi connectivity index (χ1) is 14.5. The van der Waals surface area contributed by atoms with Crippen LogP contribution in [-0.4, -0.2) is 34.1 Å². The lowest BCUT2D eigenvalue weighted by atomic mass is 9.92. The Labute approximate surface area is 182 Å². The quantitative estimate of drug-likeness (QED) is 0.470. The highest BCUT2D eigenvalue weighted by Crippen LogP contribution is 2.36. The molecule has 0 saturated carbocycles. The lowest BCUT2D eigenvalue weighted by molar-refractivity contribution is -0.114. The number of rotatable bonds is 8.